The molecule has 0 N–H and O–H groups in total. The van der Waals surface area contributed by atoms with Crippen molar-refractivity contribution in [1.82, 2.24) is 9.80 Å². The number of thiophene rings is 1. The molecule has 1 aromatic heterocycles. The molecule has 2 nitrogen and oxygen atoms in total. The summed E-state index contributed by atoms with van der Waals surface area (Å²) in [7, 11) is 0. The smallest absolute Gasteiger partial charge is 0.0309 e. The highest BCUT2D eigenvalue weighted by molar-refractivity contribution is 7.09. The maximum Gasteiger partial charge on any atom is 0.0309 e. The summed E-state index contributed by atoms with van der Waals surface area (Å²) >= 11 is 1.85. The number of piperidine rings is 1. The van der Waals surface area contributed by atoms with Gasteiger partial charge in [-0.3, -0.25) is 0 Å². The van der Waals surface area contributed by atoms with Gasteiger partial charge in [0.1, 0.15) is 0 Å². The first kappa shape index (κ1) is 11.3. The fourth-order valence-electron chi connectivity index (χ4n) is 2.84. The first-order chi connectivity index (χ1) is 8.42. The quantitative estimate of drug-likeness (QED) is 0.811. The summed E-state index contributed by atoms with van der Waals surface area (Å²) in [4.78, 5) is 6.63. The predicted molar refractivity (Wildman–Crippen MR) is 73.3 cm³/mol. The van der Waals surface area contributed by atoms with Gasteiger partial charge in [-0.1, -0.05) is 12.1 Å². The molecule has 92 valence electrons. The Hall–Kier alpha value is -0.800. The lowest BCUT2D eigenvalue weighted by Crippen LogP contribution is -2.35. The summed E-state index contributed by atoms with van der Waals surface area (Å²) in [6.07, 6.45) is 8.47. The summed E-state index contributed by atoms with van der Waals surface area (Å²) in [6.45, 7) is 5.07. The Morgan fingerprint density at radius 1 is 1.24 bits per heavy atom. The van der Waals surface area contributed by atoms with E-state index in [1.807, 2.05) is 11.3 Å². The van der Waals surface area contributed by atoms with Crippen molar-refractivity contribution in [3.05, 3.63) is 34.7 Å². The van der Waals surface area contributed by atoms with Gasteiger partial charge >= 0.3 is 0 Å². The molecule has 0 atom stereocenters. The zero-order chi connectivity index (χ0) is 11.5. The van der Waals surface area contributed by atoms with Crippen molar-refractivity contribution in [3.8, 4) is 0 Å². The average molecular weight is 248 g/mol. The highest BCUT2D eigenvalue weighted by Crippen LogP contribution is 2.21. The molecule has 3 aliphatic rings. The number of hydrogen-bond acceptors (Lipinski definition) is 3. The zero-order valence-electron chi connectivity index (χ0n) is 10.2. The molecular weight excluding hydrogens is 228 g/mol. The van der Waals surface area contributed by atoms with Gasteiger partial charge in [-0.05, 0) is 30.5 Å². The molecule has 0 aliphatic carbocycles. The van der Waals surface area contributed by atoms with Crippen molar-refractivity contribution >= 4 is 11.3 Å². The zero-order valence-corrected chi connectivity index (χ0v) is 11.0. The third-order valence-corrected chi connectivity index (χ3v) is 4.80. The molecule has 0 unspecified atom stereocenters. The van der Waals surface area contributed by atoms with Gasteiger partial charge in [-0.15, -0.1) is 11.3 Å². The number of fused-ring (bicyclic) bond motifs is 4. The van der Waals surface area contributed by atoms with E-state index in [0.29, 0.717) is 0 Å². The molecule has 0 radical (unpaired) electrons. The van der Waals surface area contributed by atoms with E-state index in [2.05, 4.69) is 39.6 Å². The Balaban J connectivity index is 1.58. The Morgan fingerprint density at radius 2 is 2.12 bits per heavy atom. The summed E-state index contributed by atoms with van der Waals surface area (Å²) in [6, 6.07) is 5.15. The van der Waals surface area contributed by atoms with Crippen LogP contribution in [0.4, 0.5) is 0 Å². The standard InChI is InChI=1S/C14H20N2S/c1(3-14-4-2-12-17-14)7-16-11-10-15-8-5-13(16)6-9-15/h1-2,4,7,12-13H,3,5-6,8-11H2/b7-1+. The van der Waals surface area contributed by atoms with Gasteiger partial charge in [0.25, 0.3) is 0 Å². The minimum absolute atomic E-state index is 0.799. The van der Waals surface area contributed by atoms with Crippen molar-refractivity contribution in [2.45, 2.75) is 25.3 Å². The second kappa shape index (κ2) is 5.23. The Bertz CT molecular complexity index is 364. The second-order valence-electron chi connectivity index (χ2n) is 4.98. The van der Waals surface area contributed by atoms with Crippen molar-refractivity contribution in [2.75, 3.05) is 26.2 Å². The molecule has 0 amide bonds. The van der Waals surface area contributed by atoms with Gasteiger partial charge in [-0.2, -0.15) is 0 Å². The summed E-state index contributed by atoms with van der Waals surface area (Å²) < 4.78 is 0. The third-order valence-electron chi connectivity index (χ3n) is 3.90. The van der Waals surface area contributed by atoms with E-state index >= 15 is 0 Å². The van der Waals surface area contributed by atoms with Crippen LogP contribution in [0.15, 0.2) is 29.8 Å². The minimum Gasteiger partial charge on any atom is -0.373 e. The van der Waals surface area contributed by atoms with Crippen LogP contribution in [-0.4, -0.2) is 42.0 Å². The molecule has 3 heteroatoms. The molecule has 4 heterocycles. The van der Waals surface area contributed by atoms with E-state index < -0.39 is 0 Å². The van der Waals surface area contributed by atoms with E-state index in [1.165, 1.54) is 43.9 Å². The lowest BCUT2D eigenvalue weighted by molar-refractivity contribution is 0.221. The van der Waals surface area contributed by atoms with E-state index in [9.17, 15) is 0 Å². The van der Waals surface area contributed by atoms with Gasteiger partial charge in [0.05, 0.1) is 0 Å². The van der Waals surface area contributed by atoms with Gasteiger partial charge in [0.15, 0.2) is 0 Å². The number of nitrogens with zero attached hydrogens (tertiary/aromatic N) is 2. The topological polar surface area (TPSA) is 6.48 Å². The van der Waals surface area contributed by atoms with Crippen LogP contribution < -0.4 is 0 Å². The highest BCUT2D eigenvalue weighted by atomic mass is 32.1. The molecule has 3 aliphatic heterocycles. The van der Waals surface area contributed by atoms with E-state index in [0.717, 1.165) is 12.5 Å². The van der Waals surface area contributed by atoms with E-state index in [1.54, 1.807) is 0 Å². The minimum atomic E-state index is 0.799. The fraction of sp³-hybridized carbons (Fsp3) is 0.571. The van der Waals surface area contributed by atoms with Crippen LogP contribution in [0, 0.1) is 0 Å². The average Bonchev–Trinajstić information content (AvgIpc) is 2.73. The molecule has 0 aromatic carbocycles. The van der Waals surface area contributed by atoms with Crippen LogP contribution in [0.5, 0.6) is 0 Å². The van der Waals surface area contributed by atoms with Crippen LogP contribution in [0.2, 0.25) is 0 Å². The largest absolute Gasteiger partial charge is 0.373 e. The molecule has 2 bridgehead atoms. The van der Waals surface area contributed by atoms with Crippen LogP contribution >= 0.6 is 11.3 Å². The lowest BCUT2D eigenvalue weighted by atomic mass is 10.1. The molecule has 3 fully saturated rings. The van der Waals surface area contributed by atoms with Crippen LogP contribution in [-0.2, 0) is 6.42 Å². The molecular formula is C14H20N2S. The highest BCUT2D eigenvalue weighted by Gasteiger charge is 2.26. The third kappa shape index (κ3) is 2.72. The fourth-order valence-corrected chi connectivity index (χ4v) is 3.52. The van der Waals surface area contributed by atoms with Gasteiger partial charge < -0.3 is 9.80 Å². The maximum atomic E-state index is 2.60. The maximum absolute atomic E-state index is 2.60. The summed E-state index contributed by atoms with van der Waals surface area (Å²) in [5, 5.41) is 2.16. The van der Waals surface area contributed by atoms with Gasteiger partial charge in [0, 0.05) is 43.5 Å². The van der Waals surface area contributed by atoms with Crippen LogP contribution in [0.1, 0.15) is 17.7 Å². The number of hydrogen-bond donors (Lipinski definition) is 0. The van der Waals surface area contributed by atoms with Crippen LogP contribution in [0.25, 0.3) is 0 Å². The number of rotatable bonds is 3. The van der Waals surface area contributed by atoms with Gasteiger partial charge in [-0.25, -0.2) is 0 Å². The molecule has 0 saturated carbocycles. The molecule has 0 spiro atoms. The molecule has 4 rings (SSSR count). The Morgan fingerprint density at radius 3 is 2.88 bits per heavy atom. The first-order valence-corrected chi connectivity index (χ1v) is 7.47. The first-order valence-electron chi connectivity index (χ1n) is 6.59. The van der Waals surface area contributed by atoms with Gasteiger partial charge in [0.2, 0.25) is 0 Å². The normalized spacial score (nSPS) is 28.8. The van der Waals surface area contributed by atoms with Crippen molar-refractivity contribution in [2.24, 2.45) is 0 Å². The van der Waals surface area contributed by atoms with Crippen molar-refractivity contribution in [3.63, 3.8) is 0 Å². The molecule has 17 heavy (non-hydrogen) atoms. The van der Waals surface area contributed by atoms with Crippen molar-refractivity contribution in [1.29, 1.82) is 0 Å². The Kier molecular flexibility index (Phi) is 3.48. The second-order valence-corrected chi connectivity index (χ2v) is 6.01. The summed E-state index contributed by atoms with van der Waals surface area (Å²) in [5.74, 6) is 0. The SMILES string of the molecule is C(=C\N1CCN2CCC1CC2)/Cc1cccs1. The lowest BCUT2D eigenvalue weighted by Gasteiger charge is -2.30. The monoisotopic (exact) mass is 248 g/mol. The van der Waals surface area contributed by atoms with Crippen molar-refractivity contribution < 1.29 is 0 Å². The van der Waals surface area contributed by atoms with Crippen LogP contribution in [0.3, 0.4) is 0 Å². The molecule has 3 saturated heterocycles. The van der Waals surface area contributed by atoms with E-state index in [-0.39, 0.29) is 0 Å². The summed E-state index contributed by atoms with van der Waals surface area (Å²) in [5.41, 5.74) is 0. The predicted octanol–water partition coefficient (Wildman–Crippen LogP) is 2.58. The molecule has 1 aromatic rings. The Labute approximate surface area is 108 Å². The van der Waals surface area contributed by atoms with E-state index in [4.69, 9.17) is 0 Å². The number of allylic oxidation sites excluding steroid dienone is 1.